The van der Waals surface area contributed by atoms with Gasteiger partial charge in [0.1, 0.15) is 0 Å². The summed E-state index contributed by atoms with van der Waals surface area (Å²) in [5.41, 5.74) is 8.60. The van der Waals surface area contributed by atoms with Crippen LogP contribution in [0.3, 0.4) is 0 Å². The Morgan fingerprint density at radius 1 is 1.43 bits per heavy atom. The molecule has 0 radical (unpaired) electrons. The van der Waals surface area contributed by atoms with E-state index in [0.29, 0.717) is 0 Å². The van der Waals surface area contributed by atoms with Gasteiger partial charge in [0.15, 0.2) is 0 Å². The third-order valence-corrected chi connectivity index (χ3v) is 2.73. The number of rotatable bonds is 3. The van der Waals surface area contributed by atoms with E-state index in [1.54, 1.807) is 0 Å². The molecule has 1 nitrogen and oxygen atoms in total. The molecule has 0 aliphatic heterocycles. The summed E-state index contributed by atoms with van der Waals surface area (Å²) in [6.45, 7) is 4.27. The monoisotopic (exact) mass is 277 g/mol. The molecule has 0 aliphatic carbocycles. The molecule has 0 heterocycles. The van der Waals surface area contributed by atoms with Crippen molar-refractivity contribution in [3.8, 4) is 0 Å². The summed E-state index contributed by atoms with van der Waals surface area (Å²) in [6, 6.07) is 6.46. The van der Waals surface area contributed by atoms with Crippen molar-refractivity contribution in [3.05, 3.63) is 33.8 Å². The normalized spacial score (nSPS) is 12.0. The van der Waals surface area contributed by atoms with Crippen LogP contribution in [0, 0.1) is 6.92 Å². The fraction of sp³-hybridized carbons (Fsp3) is 0.455. The first-order valence-corrected chi connectivity index (χ1v) is 5.46. The number of benzene rings is 1. The van der Waals surface area contributed by atoms with Gasteiger partial charge in [-0.2, -0.15) is 0 Å². The van der Waals surface area contributed by atoms with Crippen molar-refractivity contribution in [3.63, 3.8) is 0 Å². The van der Waals surface area contributed by atoms with Crippen LogP contribution >= 0.6 is 28.3 Å². The van der Waals surface area contributed by atoms with Gasteiger partial charge in [-0.25, -0.2) is 0 Å². The second-order valence-electron chi connectivity index (χ2n) is 3.40. The number of aryl methyl sites for hydroxylation is 1. The fourth-order valence-corrected chi connectivity index (χ4v) is 1.86. The quantitative estimate of drug-likeness (QED) is 0.889. The third-order valence-electron chi connectivity index (χ3n) is 2.24. The minimum Gasteiger partial charge on any atom is -0.324 e. The maximum absolute atomic E-state index is 6.05. The molecule has 14 heavy (non-hydrogen) atoms. The van der Waals surface area contributed by atoms with Crippen LogP contribution in [0.2, 0.25) is 0 Å². The van der Waals surface area contributed by atoms with Crippen LogP contribution in [0.1, 0.15) is 36.9 Å². The maximum atomic E-state index is 6.05. The predicted octanol–water partition coefficient (Wildman–Crippen LogP) is 3.98. The molecule has 0 saturated carbocycles. The standard InChI is InChI=1S/C11H16BrN.ClH/c1-3-4-11(13)10-7-9(12)6-5-8(10)2;/h5-7,11H,3-4,13H2,1-2H3;1H/t11-;/m0./s1. The topological polar surface area (TPSA) is 26.0 Å². The fourth-order valence-electron chi connectivity index (χ4n) is 1.48. The zero-order valence-corrected chi connectivity index (χ0v) is 11.0. The van der Waals surface area contributed by atoms with E-state index in [1.807, 2.05) is 0 Å². The molecule has 1 aromatic rings. The zero-order valence-electron chi connectivity index (χ0n) is 8.59. The van der Waals surface area contributed by atoms with Crippen LogP contribution in [0.15, 0.2) is 22.7 Å². The van der Waals surface area contributed by atoms with Crippen LogP contribution < -0.4 is 5.73 Å². The number of nitrogens with two attached hydrogens (primary N) is 1. The average Bonchev–Trinajstić information content (AvgIpc) is 2.09. The van der Waals surface area contributed by atoms with E-state index in [4.69, 9.17) is 5.73 Å². The lowest BCUT2D eigenvalue weighted by molar-refractivity contribution is 0.635. The van der Waals surface area contributed by atoms with Crippen LogP contribution in [-0.2, 0) is 0 Å². The number of hydrogen-bond acceptors (Lipinski definition) is 1. The first-order valence-electron chi connectivity index (χ1n) is 4.66. The van der Waals surface area contributed by atoms with Crippen LogP contribution in [0.25, 0.3) is 0 Å². The third kappa shape index (κ3) is 3.60. The summed E-state index contributed by atoms with van der Waals surface area (Å²) in [5, 5.41) is 0. The Morgan fingerprint density at radius 3 is 2.64 bits per heavy atom. The van der Waals surface area contributed by atoms with Gasteiger partial charge in [-0.1, -0.05) is 35.3 Å². The predicted molar refractivity (Wildman–Crippen MR) is 68.0 cm³/mol. The van der Waals surface area contributed by atoms with Gasteiger partial charge >= 0.3 is 0 Å². The van der Waals surface area contributed by atoms with E-state index in [0.717, 1.165) is 17.3 Å². The molecule has 1 atom stereocenters. The number of halogens is 2. The molecule has 2 N–H and O–H groups in total. The van der Waals surface area contributed by atoms with Gasteiger partial charge in [-0.05, 0) is 36.6 Å². The molecule has 0 aromatic heterocycles. The first kappa shape index (κ1) is 13.9. The molecule has 0 unspecified atom stereocenters. The van der Waals surface area contributed by atoms with Crippen LogP contribution in [0.4, 0.5) is 0 Å². The minimum atomic E-state index is 0. The first-order chi connectivity index (χ1) is 6.15. The molecule has 0 aliphatic rings. The Balaban J connectivity index is 0.00000169. The zero-order chi connectivity index (χ0) is 9.84. The highest BCUT2D eigenvalue weighted by Crippen LogP contribution is 2.23. The molecule has 0 saturated heterocycles. The van der Waals surface area contributed by atoms with Crippen LogP contribution in [0.5, 0.6) is 0 Å². The van der Waals surface area contributed by atoms with E-state index in [-0.39, 0.29) is 18.4 Å². The molecule has 0 fully saturated rings. The summed E-state index contributed by atoms with van der Waals surface area (Å²) in [6.07, 6.45) is 2.18. The Kier molecular flexibility index (Phi) is 6.41. The maximum Gasteiger partial charge on any atom is 0.0297 e. The largest absolute Gasteiger partial charge is 0.324 e. The van der Waals surface area contributed by atoms with Gasteiger partial charge in [-0.15, -0.1) is 12.4 Å². The molecule has 0 spiro atoms. The molecular weight excluding hydrogens is 261 g/mol. The SMILES string of the molecule is CCC[C@H](N)c1cc(Br)ccc1C.Cl. The lowest BCUT2D eigenvalue weighted by Gasteiger charge is -2.13. The van der Waals surface area contributed by atoms with Gasteiger partial charge in [0.25, 0.3) is 0 Å². The van der Waals surface area contributed by atoms with Crippen molar-refractivity contribution in [1.29, 1.82) is 0 Å². The highest BCUT2D eigenvalue weighted by Gasteiger charge is 2.07. The Morgan fingerprint density at radius 2 is 2.07 bits per heavy atom. The van der Waals surface area contributed by atoms with Crippen molar-refractivity contribution in [2.45, 2.75) is 32.7 Å². The Hall–Kier alpha value is -0.0500. The van der Waals surface area contributed by atoms with Gasteiger partial charge < -0.3 is 5.73 Å². The summed E-state index contributed by atoms with van der Waals surface area (Å²) in [4.78, 5) is 0. The second kappa shape index (κ2) is 6.44. The molecular formula is C11H17BrClN. The van der Waals surface area contributed by atoms with Crippen molar-refractivity contribution >= 4 is 28.3 Å². The lowest BCUT2D eigenvalue weighted by Crippen LogP contribution is -2.11. The average molecular weight is 279 g/mol. The van der Waals surface area contributed by atoms with Crippen molar-refractivity contribution in [2.24, 2.45) is 5.73 Å². The van der Waals surface area contributed by atoms with Gasteiger partial charge in [0.2, 0.25) is 0 Å². The minimum absolute atomic E-state index is 0. The molecule has 80 valence electrons. The molecule has 0 amide bonds. The highest BCUT2D eigenvalue weighted by molar-refractivity contribution is 9.10. The molecule has 1 aromatic carbocycles. The van der Waals surface area contributed by atoms with Crippen molar-refractivity contribution in [1.82, 2.24) is 0 Å². The highest BCUT2D eigenvalue weighted by atomic mass is 79.9. The summed E-state index contributed by atoms with van der Waals surface area (Å²) in [5.74, 6) is 0. The van der Waals surface area contributed by atoms with E-state index in [9.17, 15) is 0 Å². The summed E-state index contributed by atoms with van der Waals surface area (Å²) >= 11 is 3.46. The Bertz CT molecular complexity index is 289. The van der Waals surface area contributed by atoms with Gasteiger partial charge in [-0.3, -0.25) is 0 Å². The molecule has 1 rings (SSSR count). The smallest absolute Gasteiger partial charge is 0.0297 e. The second-order valence-corrected chi connectivity index (χ2v) is 4.31. The van der Waals surface area contributed by atoms with Gasteiger partial charge in [0, 0.05) is 10.5 Å². The lowest BCUT2D eigenvalue weighted by atomic mass is 9.99. The van der Waals surface area contributed by atoms with E-state index in [2.05, 4.69) is 48.0 Å². The van der Waals surface area contributed by atoms with Gasteiger partial charge in [0.05, 0.1) is 0 Å². The van der Waals surface area contributed by atoms with Crippen molar-refractivity contribution < 1.29 is 0 Å². The van der Waals surface area contributed by atoms with E-state index in [1.165, 1.54) is 11.1 Å². The van der Waals surface area contributed by atoms with E-state index < -0.39 is 0 Å². The summed E-state index contributed by atoms with van der Waals surface area (Å²) < 4.78 is 1.11. The Labute approximate surface area is 101 Å². The van der Waals surface area contributed by atoms with Crippen molar-refractivity contribution in [2.75, 3.05) is 0 Å². The molecule has 3 heteroatoms. The summed E-state index contributed by atoms with van der Waals surface area (Å²) in [7, 11) is 0. The molecule has 0 bridgehead atoms. The van der Waals surface area contributed by atoms with Crippen LogP contribution in [-0.4, -0.2) is 0 Å². The van der Waals surface area contributed by atoms with E-state index >= 15 is 0 Å². The number of hydrogen-bond donors (Lipinski definition) is 1.